The number of fused-ring (bicyclic) bond motifs is 1. The molecule has 1 N–H and O–H groups in total. The van der Waals surface area contributed by atoms with E-state index in [0.717, 1.165) is 24.1 Å². The van der Waals surface area contributed by atoms with Crippen LogP contribution >= 0.6 is 0 Å². The lowest BCUT2D eigenvalue weighted by molar-refractivity contribution is -0.140. The quantitative estimate of drug-likeness (QED) is 0.859. The monoisotopic (exact) mass is 271 g/mol. The van der Waals surface area contributed by atoms with E-state index in [1.165, 1.54) is 4.90 Å². The van der Waals surface area contributed by atoms with Gasteiger partial charge in [0.2, 0.25) is 5.91 Å². The maximum Gasteiger partial charge on any atom is 0.327 e. The van der Waals surface area contributed by atoms with Crippen LogP contribution in [-0.4, -0.2) is 23.0 Å². The van der Waals surface area contributed by atoms with E-state index in [9.17, 15) is 14.7 Å². The zero-order valence-electron chi connectivity index (χ0n) is 11.2. The number of carbonyl (C=O) groups is 2. The van der Waals surface area contributed by atoms with Crippen molar-refractivity contribution in [2.75, 3.05) is 4.90 Å². The molecule has 1 aromatic carbocycles. The van der Waals surface area contributed by atoms with Gasteiger partial charge in [0.25, 0.3) is 0 Å². The fourth-order valence-corrected chi connectivity index (χ4v) is 3.08. The lowest BCUT2D eigenvalue weighted by Crippen LogP contribution is -2.43. The van der Waals surface area contributed by atoms with Crippen molar-refractivity contribution in [1.82, 2.24) is 0 Å². The third-order valence-corrected chi connectivity index (χ3v) is 4.08. The highest BCUT2D eigenvalue weighted by Crippen LogP contribution is 2.34. The first-order valence-electron chi connectivity index (χ1n) is 6.96. The first-order chi connectivity index (χ1) is 9.66. The molecule has 4 heteroatoms. The van der Waals surface area contributed by atoms with Crippen molar-refractivity contribution in [1.29, 1.82) is 0 Å². The van der Waals surface area contributed by atoms with Crippen LogP contribution in [0.2, 0.25) is 0 Å². The molecule has 0 aromatic heterocycles. The number of amides is 1. The molecule has 0 saturated carbocycles. The summed E-state index contributed by atoms with van der Waals surface area (Å²) >= 11 is 0. The maximum absolute atomic E-state index is 12.5. The molecule has 4 nitrogen and oxygen atoms in total. The van der Waals surface area contributed by atoms with Crippen molar-refractivity contribution in [3.8, 4) is 0 Å². The average Bonchev–Trinajstić information content (AvgIpc) is 3.04. The van der Waals surface area contributed by atoms with Gasteiger partial charge in [-0.1, -0.05) is 30.4 Å². The Labute approximate surface area is 117 Å². The lowest BCUT2D eigenvalue weighted by Gasteiger charge is -2.23. The summed E-state index contributed by atoms with van der Waals surface area (Å²) in [5.74, 6) is -0.764. The minimum atomic E-state index is -0.934. The van der Waals surface area contributed by atoms with Crippen molar-refractivity contribution in [2.45, 2.75) is 31.7 Å². The first-order valence-corrected chi connectivity index (χ1v) is 6.96. The molecular formula is C16H17NO3. The predicted octanol–water partition coefficient (Wildman–Crippen LogP) is 2.39. The van der Waals surface area contributed by atoms with Gasteiger partial charge < -0.3 is 5.11 Å². The molecule has 2 atom stereocenters. The molecule has 1 amide bonds. The molecule has 1 aromatic rings. The number of hydrogen-bond donors (Lipinski definition) is 1. The molecule has 1 aliphatic heterocycles. The van der Waals surface area contributed by atoms with Crippen molar-refractivity contribution < 1.29 is 14.7 Å². The molecule has 1 heterocycles. The summed E-state index contributed by atoms with van der Waals surface area (Å²) in [6.45, 7) is 0. The number of rotatable bonds is 3. The highest BCUT2D eigenvalue weighted by Gasteiger charge is 2.38. The summed E-state index contributed by atoms with van der Waals surface area (Å²) in [6, 6.07) is 6.70. The summed E-state index contributed by atoms with van der Waals surface area (Å²) in [4.78, 5) is 25.4. The predicted molar refractivity (Wildman–Crippen MR) is 75.5 cm³/mol. The average molecular weight is 271 g/mol. The van der Waals surface area contributed by atoms with Crippen LogP contribution in [0.3, 0.4) is 0 Å². The molecule has 0 spiro atoms. The summed E-state index contributed by atoms with van der Waals surface area (Å²) in [5, 5.41) is 9.36. The lowest BCUT2D eigenvalue weighted by atomic mass is 10.0. The highest BCUT2D eigenvalue weighted by molar-refractivity contribution is 6.02. The summed E-state index contributed by atoms with van der Waals surface area (Å²) < 4.78 is 0. The number of para-hydroxylation sites is 1. The molecule has 0 radical (unpaired) electrons. The fraction of sp³-hybridized carbons (Fsp3) is 0.375. The summed E-state index contributed by atoms with van der Waals surface area (Å²) in [5.41, 5.74) is 1.70. The SMILES string of the molecule is O=C(O)C1Cc2ccccc2N1C(=O)CC1C=CCC1. The van der Waals surface area contributed by atoms with Crippen LogP contribution in [0, 0.1) is 5.92 Å². The van der Waals surface area contributed by atoms with Crippen molar-refractivity contribution >= 4 is 17.6 Å². The van der Waals surface area contributed by atoms with Gasteiger partial charge in [0, 0.05) is 18.5 Å². The van der Waals surface area contributed by atoms with E-state index < -0.39 is 12.0 Å². The Morgan fingerprint density at radius 1 is 1.30 bits per heavy atom. The number of hydrogen-bond acceptors (Lipinski definition) is 2. The maximum atomic E-state index is 12.5. The number of carboxylic acid groups (broad SMARTS) is 1. The van der Waals surface area contributed by atoms with Crippen LogP contribution in [0.4, 0.5) is 5.69 Å². The van der Waals surface area contributed by atoms with E-state index in [0.29, 0.717) is 12.8 Å². The van der Waals surface area contributed by atoms with Gasteiger partial charge >= 0.3 is 5.97 Å². The Balaban J connectivity index is 1.85. The zero-order valence-corrected chi connectivity index (χ0v) is 11.2. The number of nitrogens with zero attached hydrogens (tertiary/aromatic N) is 1. The number of carboxylic acids is 1. The largest absolute Gasteiger partial charge is 0.480 e. The number of allylic oxidation sites excluding steroid dienone is 2. The Bertz CT molecular complexity index is 579. The van der Waals surface area contributed by atoms with E-state index in [1.807, 2.05) is 24.3 Å². The van der Waals surface area contributed by atoms with E-state index in [4.69, 9.17) is 0 Å². The van der Waals surface area contributed by atoms with Crippen LogP contribution in [0.25, 0.3) is 0 Å². The van der Waals surface area contributed by atoms with Gasteiger partial charge in [-0.2, -0.15) is 0 Å². The number of anilines is 1. The third-order valence-electron chi connectivity index (χ3n) is 4.08. The Kier molecular flexibility index (Phi) is 3.30. The van der Waals surface area contributed by atoms with Crippen molar-refractivity contribution in [2.24, 2.45) is 5.92 Å². The molecule has 104 valence electrons. The van der Waals surface area contributed by atoms with Gasteiger partial charge in [0.05, 0.1) is 0 Å². The summed E-state index contributed by atoms with van der Waals surface area (Å²) in [6.07, 6.45) is 6.95. The Morgan fingerprint density at radius 2 is 2.10 bits per heavy atom. The minimum absolute atomic E-state index is 0.0844. The standard InChI is InChI=1S/C16H17NO3/c18-15(9-11-5-1-2-6-11)17-13-8-4-3-7-12(13)10-14(17)16(19)20/h1,3-5,7-8,11,14H,2,6,9-10H2,(H,19,20). The van der Waals surface area contributed by atoms with Crippen LogP contribution in [0.1, 0.15) is 24.8 Å². The molecule has 1 aliphatic carbocycles. The normalized spacial score (nSPS) is 23.9. The van der Waals surface area contributed by atoms with Gasteiger partial charge in [0.1, 0.15) is 6.04 Å². The molecular weight excluding hydrogens is 254 g/mol. The van der Waals surface area contributed by atoms with Gasteiger partial charge in [0.15, 0.2) is 0 Å². The van der Waals surface area contributed by atoms with E-state index >= 15 is 0 Å². The molecule has 2 aliphatic rings. The van der Waals surface area contributed by atoms with Crippen LogP contribution in [0.5, 0.6) is 0 Å². The van der Waals surface area contributed by atoms with Crippen LogP contribution in [0.15, 0.2) is 36.4 Å². The van der Waals surface area contributed by atoms with Crippen LogP contribution in [-0.2, 0) is 16.0 Å². The Morgan fingerprint density at radius 3 is 2.80 bits per heavy atom. The summed E-state index contributed by atoms with van der Waals surface area (Å²) in [7, 11) is 0. The fourth-order valence-electron chi connectivity index (χ4n) is 3.08. The van der Waals surface area contributed by atoms with Crippen LogP contribution < -0.4 is 4.90 Å². The molecule has 2 unspecified atom stereocenters. The van der Waals surface area contributed by atoms with Crippen molar-refractivity contribution in [3.63, 3.8) is 0 Å². The minimum Gasteiger partial charge on any atom is -0.480 e. The van der Waals surface area contributed by atoms with Crippen molar-refractivity contribution in [3.05, 3.63) is 42.0 Å². The second-order valence-corrected chi connectivity index (χ2v) is 5.42. The smallest absolute Gasteiger partial charge is 0.327 e. The number of benzene rings is 1. The van der Waals surface area contributed by atoms with Gasteiger partial charge in [-0.25, -0.2) is 4.79 Å². The van der Waals surface area contributed by atoms with Gasteiger partial charge in [-0.15, -0.1) is 0 Å². The van der Waals surface area contributed by atoms with E-state index in [-0.39, 0.29) is 11.8 Å². The van der Waals surface area contributed by atoms with Gasteiger partial charge in [-0.3, -0.25) is 9.69 Å². The molecule has 20 heavy (non-hydrogen) atoms. The molecule has 0 fully saturated rings. The van der Waals surface area contributed by atoms with Gasteiger partial charge in [-0.05, 0) is 30.4 Å². The number of carbonyl (C=O) groups excluding carboxylic acids is 1. The van der Waals surface area contributed by atoms with E-state index in [1.54, 1.807) is 0 Å². The molecule has 0 saturated heterocycles. The topological polar surface area (TPSA) is 57.6 Å². The molecule has 3 rings (SSSR count). The first kappa shape index (κ1) is 12.9. The third kappa shape index (κ3) is 2.22. The second-order valence-electron chi connectivity index (χ2n) is 5.42. The Hall–Kier alpha value is -2.10. The number of aliphatic carboxylic acids is 1. The molecule has 0 bridgehead atoms. The highest BCUT2D eigenvalue weighted by atomic mass is 16.4. The van der Waals surface area contributed by atoms with E-state index in [2.05, 4.69) is 12.2 Å². The zero-order chi connectivity index (χ0) is 14.1. The second kappa shape index (κ2) is 5.12.